The molecule has 0 heterocycles. The van der Waals surface area contributed by atoms with Crippen molar-refractivity contribution in [2.24, 2.45) is 0 Å². The van der Waals surface area contributed by atoms with E-state index in [1.54, 1.807) is 43.3 Å². The monoisotopic (exact) mass is 325 g/mol. The van der Waals surface area contributed by atoms with E-state index in [1.165, 1.54) is 6.07 Å². The highest BCUT2D eigenvalue weighted by Crippen LogP contribution is 2.24. The number of nitrogens with one attached hydrogen (secondary N) is 1. The third-order valence-corrected chi connectivity index (χ3v) is 4.60. The van der Waals surface area contributed by atoms with Gasteiger partial charge in [0, 0.05) is 11.1 Å². The summed E-state index contributed by atoms with van der Waals surface area (Å²) in [4.78, 5) is 0.164. The Balaban J connectivity index is 2.33. The molecule has 0 unspecified atom stereocenters. The zero-order valence-electron chi connectivity index (χ0n) is 11.8. The number of rotatable bonds is 5. The number of aryl methyl sites for hydroxylation is 1. The van der Waals surface area contributed by atoms with Gasteiger partial charge in [-0.15, -0.1) is 0 Å². The summed E-state index contributed by atoms with van der Waals surface area (Å²) >= 11 is 5.88. The number of halogens is 1. The molecule has 4 nitrogen and oxygen atoms in total. The van der Waals surface area contributed by atoms with Crippen LogP contribution in [0.15, 0.2) is 47.4 Å². The van der Waals surface area contributed by atoms with Gasteiger partial charge in [0.2, 0.25) is 0 Å². The van der Waals surface area contributed by atoms with Crippen molar-refractivity contribution in [1.82, 2.24) is 0 Å². The number of ether oxygens (including phenoxy) is 1. The zero-order valence-corrected chi connectivity index (χ0v) is 13.3. The fourth-order valence-corrected chi connectivity index (χ4v) is 3.45. The van der Waals surface area contributed by atoms with Crippen LogP contribution in [0.25, 0.3) is 0 Å². The van der Waals surface area contributed by atoms with Crippen LogP contribution in [0.4, 0.5) is 5.69 Å². The molecule has 0 radical (unpaired) electrons. The molecule has 0 fully saturated rings. The third kappa shape index (κ3) is 3.89. The predicted molar refractivity (Wildman–Crippen MR) is 84.6 cm³/mol. The molecule has 0 bridgehead atoms. The maximum Gasteiger partial charge on any atom is 0.262 e. The second kappa shape index (κ2) is 6.37. The summed E-state index contributed by atoms with van der Waals surface area (Å²) in [6.07, 6.45) is 0. The highest BCUT2D eigenvalue weighted by molar-refractivity contribution is 7.92. The Kier molecular flexibility index (Phi) is 4.75. The van der Waals surface area contributed by atoms with E-state index >= 15 is 0 Å². The van der Waals surface area contributed by atoms with Gasteiger partial charge in [-0.2, -0.15) is 0 Å². The minimum atomic E-state index is -3.69. The van der Waals surface area contributed by atoms with Crippen LogP contribution in [0.3, 0.4) is 0 Å². The molecule has 0 spiro atoms. The zero-order chi connectivity index (χ0) is 15.5. The van der Waals surface area contributed by atoms with Crippen molar-refractivity contribution in [3.8, 4) is 5.75 Å². The van der Waals surface area contributed by atoms with Gasteiger partial charge in [-0.1, -0.05) is 23.7 Å². The van der Waals surface area contributed by atoms with Crippen LogP contribution in [0, 0.1) is 6.92 Å². The van der Waals surface area contributed by atoms with Gasteiger partial charge in [0.05, 0.1) is 17.2 Å². The molecule has 0 saturated carbocycles. The quantitative estimate of drug-likeness (QED) is 0.908. The average molecular weight is 326 g/mol. The Hall–Kier alpha value is -1.72. The molecule has 0 aliphatic carbocycles. The van der Waals surface area contributed by atoms with E-state index in [-0.39, 0.29) is 4.90 Å². The summed E-state index contributed by atoms with van der Waals surface area (Å²) in [5.41, 5.74) is 1.08. The van der Waals surface area contributed by atoms with E-state index in [0.717, 1.165) is 0 Å². The van der Waals surface area contributed by atoms with E-state index in [4.69, 9.17) is 16.3 Å². The molecule has 0 aliphatic heterocycles. The molecular weight excluding hydrogens is 310 g/mol. The first-order valence-electron chi connectivity index (χ1n) is 6.44. The summed E-state index contributed by atoms with van der Waals surface area (Å²) in [6.45, 7) is 4.11. The topological polar surface area (TPSA) is 55.4 Å². The number of sulfonamides is 1. The molecule has 0 aliphatic rings. The van der Waals surface area contributed by atoms with Crippen molar-refractivity contribution < 1.29 is 13.2 Å². The summed E-state index contributed by atoms with van der Waals surface area (Å²) < 4.78 is 32.8. The van der Waals surface area contributed by atoms with E-state index in [1.807, 2.05) is 6.92 Å². The molecule has 6 heteroatoms. The number of anilines is 1. The van der Waals surface area contributed by atoms with Gasteiger partial charge < -0.3 is 4.74 Å². The van der Waals surface area contributed by atoms with Gasteiger partial charge in [0.1, 0.15) is 5.75 Å². The van der Waals surface area contributed by atoms with Gasteiger partial charge in [-0.25, -0.2) is 8.42 Å². The number of hydrogen-bond acceptors (Lipinski definition) is 3. The maximum absolute atomic E-state index is 12.4. The Morgan fingerprint density at radius 2 is 1.95 bits per heavy atom. The lowest BCUT2D eigenvalue weighted by molar-refractivity contribution is 0.340. The fourth-order valence-electron chi connectivity index (χ4n) is 1.89. The molecule has 2 rings (SSSR count). The molecule has 2 aromatic rings. The van der Waals surface area contributed by atoms with Gasteiger partial charge in [-0.3, -0.25) is 4.72 Å². The van der Waals surface area contributed by atoms with Gasteiger partial charge in [-0.05, 0) is 43.7 Å². The van der Waals surface area contributed by atoms with E-state index in [2.05, 4.69) is 4.72 Å². The van der Waals surface area contributed by atoms with Crippen molar-refractivity contribution in [1.29, 1.82) is 0 Å². The molecule has 2 aromatic carbocycles. The largest absolute Gasteiger partial charge is 0.494 e. The lowest BCUT2D eigenvalue weighted by Gasteiger charge is -2.12. The van der Waals surface area contributed by atoms with Crippen molar-refractivity contribution in [2.45, 2.75) is 18.7 Å². The number of benzene rings is 2. The first-order valence-corrected chi connectivity index (χ1v) is 8.30. The Morgan fingerprint density at radius 3 is 2.67 bits per heavy atom. The van der Waals surface area contributed by atoms with E-state index in [9.17, 15) is 8.42 Å². The first kappa shape index (κ1) is 15.7. The molecule has 0 atom stereocenters. The standard InChI is InChI=1S/C15H16ClNO3S/c1-3-20-14-6-4-5-13(10-14)17-21(18,19)15-9-12(16)8-7-11(15)2/h4-10,17H,3H2,1-2H3. The highest BCUT2D eigenvalue weighted by Gasteiger charge is 2.17. The average Bonchev–Trinajstić information content (AvgIpc) is 2.42. The van der Waals surface area contributed by atoms with Crippen LogP contribution in [-0.2, 0) is 10.0 Å². The minimum absolute atomic E-state index is 0.164. The SMILES string of the molecule is CCOc1cccc(NS(=O)(=O)c2cc(Cl)ccc2C)c1. The minimum Gasteiger partial charge on any atom is -0.494 e. The lowest BCUT2D eigenvalue weighted by Crippen LogP contribution is -2.14. The maximum atomic E-state index is 12.4. The lowest BCUT2D eigenvalue weighted by atomic mass is 10.2. The van der Waals surface area contributed by atoms with E-state index < -0.39 is 10.0 Å². The molecule has 0 aromatic heterocycles. The van der Waals surface area contributed by atoms with Gasteiger partial charge in [0.25, 0.3) is 10.0 Å². The number of hydrogen-bond donors (Lipinski definition) is 1. The molecule has 112 valence electrons. The van der Waals surface area contributed by atoms with Crippen LogP contribution < -0.4 is 9.46 Å². The molecule has 0 amide bonds. The molecule has 0 saturated heterocycles. The predicted octanol–water partition coefficient (Wildman–Crippen LogP) is 3.85. The second-order valence-electron chi connectivity index (χ2n) is 4.48. The van der Waals surface area contributed by atoms with Crippen molar-refractivity contribution in [3.63, 3.8) is 0 Å². The first-order chi connectivity index (χ1) is 9.92. The van der Waals surface area contributed by atoms with Gasteiger partial charge in [0.15, 0.2) is 0 Å². The van der Waals surface area contributed by atoms with Crippen molar-refractivity contribution >= 4 is 27.3 Å². The summed E-state index contributed by atoms with van der Waals surface area (Å²) in [5, 5.41) is 0.379. The molecular formula is C15H16ClNO3S. The van der Waals surface area contributed by atoms with Crippen LogP contribution in [0.2, 0.25) is 5.02 Å². The summed E-state index contributed by atoms with van der Waals surface area (Å²) in [5.74, 6) is 0.612. The normalized spacial score (nSPS) is 11.2. The van der Waals surface area contributed by atoms with Gasteiger partial charge >= 0.3 is 0 Å². The smallest absolute Gasteiger partial charge is 0.262 e. The Bertz CT molecular complexity index is 744. The third-order valence-electron chi connectivity index (χ3n) is 2.84. The van der Waals surface area contributed by atoms with Crippen LogP contribution in [0.5, 0.6) is 5.75 Å². The van der Waals surface area contributed by atoms with Crippen molar-refractivity contribution in [2.75, 3.05) is 11.3 Å². The second-order valence-corrected chi connectivity index (χ2v) is 6.56. The summed E-state index contributed by atoms with van der Waals surface area (Å²) in [6, 6.07) is 11.6. The van der Waals surface area contributed by atoms with Crippen LogP contribution >= 0.6 is 11.6 Å². The Labute approximate surface area is 129 Å². The fraction of sp³-hybridized carbons (Fsp3) is 0.200. The Morgan fingerprint density at radius 1 is 1.19 bits per heavy atom. The van der Waals surface area contributed by atoms with Crippen LogP contribution in [-0.4, -0.2) is 15.0 Å². The molecule has 1 N–H and O–H groups in total. The van der Waals surface area contributed by atoms with E-state index in [0.29, 0.717) is 28.6 Å². The summed E-state index contributed by atoms with van der Waals surface area (Å²) in [7, 11) is -3.69. The molecule has 21 heavy (non-hydrogen) atoms. The highest BCUT2D eigenvalue weighted by atomic mass is 35.5. The van der Waals surface area contributed by atoms with Crippen molar-refractivity contribution in [3.05, 3.63) is 53.1 Å². The van der Waals surface area contributed by atoms with Crippen LogP contribution in [0.1, 0.15) is 12.5 Å².